The van der Waals surface area contributed by atoms with Crippen LogP contribution >= 0.6 is 11.6 Å². The lowest BCUT2D eigenvalue weighted by atomic mass is 9.87. The molecule has 0 spiro atoms. The molecule has 0 unspecified atom stereocenters. The van der Waals surface area contributed by atoms with E-state index in [9.17, 15) is 21.6 Å². The van der Waals surface area contributed by atoms with Crippen LogP contribution in [0, 0.1) is 0 Å². The molecule has 174 valence electrons. The van der Waals surface area contributed by atoms with Gasteiger partial charge in [-0.2, -0.15) is 13.2 Å². The van der Waals surface area contributed by atoms with E-state index in [1.807, 2.05) is 20.8 Å². The van der Waals surface area contributed by atoms with E-state index in [0.717, 1.165) is 15.9 Å². The van der Waals surface area contributed by atoms with Crippen molar-refractivity contribution in [2.24, 2.45) is 0 Å². The van der Waals surface area contributed by atoms with Gasteiger partial charge in [0.05, 0.1) is 27.8 Å². The molecular weight excluding hydrogens is 475 g/mol. The number of rotatable bonds is 2. The van der Waals surface area contributed by atoms with E-state index in [2.05, 4.69) is 10.3 Å². The Labute approximate surface area is 195 Å². The number of para-hydroxylation sites is 1. The van der Waals surface area contributed by atoms with Crippen molar-refractivity contribution in [3.05, 3.63) is 76.4 Å². The van der Waals surface area contributed by atoms with Gasteiger partial charge in [0, 0.05) is 5.56 Å². The van der Waals surface area contributed by atoms with E-state index in [4.69, 9.17) is 11.6 Å². The Morgan fingerprint density at radius 2 is 1.67 bits per heavy atom. The summed E-state index contributed by atoms with van der Waals surface area (Å²) in [6, 6.07) is 13.3. The van der Waals surface area contributed by atoms with Crippen molar-refractivity contribution in [3.63, 3.8) is 0 Å². The van der Waals surface area contributed by atoms with Gasteiger partial charge >= 0.3 is 6.18 Å². The van der Waals surface area contributed by atoms with Crippen LogP contribution in [0.2, 0.25) is 5.02 Å². The summed E-state index contributed by atoms with van der Waals surface area (Å²) in [6.07, 6.45) is -4.64. The lowest BCUT2D eigenvalue weighted by molar-refractivity contribution is -0.141. The number of halogens is 4. The van der Waals surface area contributed by atoms with Crippen molar-refractivity contribution in [2.75, 3.05) is 9.62 Å². The van der Waals surface area contributed by atoms with E-state index in [-0.39, 0.29) is 44.6 Å². The molecule has 0 radical (unpaired) electrons. The smallest absolute Gasteiger partial charge is 0.338 e. The molecule has 2 heterocycles. The third-order valence-corrected chi connectivity index (χ3v) is 7.45. The molecule has 33 heavy (non-hydrogen) atoms. The molecule has 0 bridgehead atoms. The normalized spacial score (nSPS) is 14.2. The molecule has 1 N–H and O–H groups in total. The molecule has 0 atom stereocenters. The van der Waals surface area contributed by atoms with Crippen molar-refractivity contribution in [1.29, 1.82) is 0 Å². The first kappa shape index (κ1) is 23.4. The Bertz CT molecular complexity index is 1320. The average molecular weight is 496 g/mol. The zero-order valence-corrected chi connectivity index (χ0v) is 19.6. The largest absolute Gasteiger partial charge is 0.433 e. The van der Waals surface area contributed by atoms with Crippen molar-refractivity contribution >= 4 is 38.8 Å². The SMILES string of the molecule is CC(C)(C)c1ccc(S(=O)(=O)N2Cc3ccc(C(F)(F)F)nc3Nc3cccc(Cl)c32)cc1. The Morgan fingerprint density at radius 3 is 2.27 bits per heavy atom. The second-order valence-electron chi connectivity index (χ2n) is 8.75. The summed E-state index contributed by atoms with van der Waals surface area (Å²) in [5.74, 6) is -0.0749. The van der Waals surface area contributed by atoms with Crippen molar-refractivity contribution in [1.82, 2.24) is 4.98 Å². The Balaban J connectivity index is 1.86. The maximum absolute atomic E-state index is 13.7. The number of fused-ring (bicyclic) bond motifs is 2. The van der Waals surface area contributed by atoms with Crippen LogP contribution in [-0.2, 0) is 28.2 Å². The van der Waals surface area contributed by atoms with E-state index < -0.39 is 21.9 Å². The monoisotopic (exact) mass is 495 g/mol. The van der Waals surface area contributed by atoms with E-state index in [1.54, 1.807) is 24.3 Å². The highest BCUT2D eigenvalue weighted by atomic mass is 35.5. The molecule has 0 aliphatic carbocycles. The van der Waals surface area contributed by atoms with Crippen LogP contribution < -0.4 is 9.62 Å². The molecule has 0 fully saturated rings. The van der Waals surface area contributed by atoms with Gasteiger partial charge < -0.3 is 5.32 Å². The highest BCUT2D eigenvalue weighted by Crippen LogP contribution is 2.43. The summed E-state index contributed by atoms with van der Waals surface area (Å²) in [4.78, 5) is 3.75. The Hall–Kier alpha value is -2.78. The number of anilines is 3. The first-order valence-corrected chi connectivity index (χ1v) is 11.9. The highest BCUT2D eigenvalue weighted by molar-refractivity contribution is 7.92. The van der Waals surface area contributed by atoms with Crippen LogP contribution in [0.25, 0.3) is 0 Å². The number of alkyl halides is 3. The predicted octanol–water partition coefficient (Wildman–Crippen LogP) is 6.50. The molecule has 0 saturated carbocycles. The molecule has 0 amide bonds. The first-order valence-electron chi connectivity index (χ1n) is 10.0. The van der Waals surface area contributed by atoms with Crippen LogP contribution in [0.4, 0.5) is 30.4 Å². The fraction of sp³-hybridized carbons (Fsp3) is 0.261. The van der Waals surface area contributed by atoms with Gasteiger partial charge in [0.15, 0.2) is 0 Å². The number of benzene rings is 2. The summed E-state index contributed by atoms with van der Waals surface area (Å²) in [5, 5.41) is 2.97. The van der Waals surface area contributed by atoms with Crippen LogP contribution in [0.1, 0.15) is 37.6 Å². The second kappa shape index (κ2) is 7.92. The minimum absolute atomic E-state index is 0.0460. The number of pyridine rings is 1. The van der Waals surface area contributed by atoms with Crippen molar-refractivity contribution in [2.45, 2.75) is 43.8 Å². The number of hydrogen-bond donors (Lipinski definition) is 1. The lowest BCUT2D eigenvalue weighted by Crippen LogP contribution is -2.30. The molecule has 0 saturated heterocycles. The van der Waals surface area contributed by atoms with Crippen LogP contribution in [-0.4, -0.2) is 13.4 Å². The van der Waals surface area contributed by atoms with Gasteiger partial charge in [-0.15, -0.1) is 0 Å². The molecule has 10 heteroatoms. The second-order valence-corrected chi connectivity index (χ2v) is 11.0. The summed E-state index contributed by atoms with van der Waals surface area (Å²) in [6.45, 7) is 5.82. The van der Waals surface area contributed by atoms with Gasteiger partial charge in [-0.05, 0) is 41.3 Å². The predicted molar refractivity (Wildman–Crippen MR) is 122 cm³/mol. The highest BCUT2D eigenvalue weighted by Gasteiger charge is 2.36. The molecule has 5 nitrogen and oxygen atoms in total. The summed E-state index contributed by atoms with van der Waals surface area (Å²) in [7, 11) is -4.11. The fourth-order valence-corrected chi connectivity index (χ4v) is 5.38. The maximum atomic E-state index is 13.7. The zero-order valence-electron chi connectivity index (χ0n) is 18.0. The molecule has 4 rings (SSSR count). The third-order valence-electron chi connectivity index (χ3n) is 5.38. The molecular formula is C23H21ClF3N3O2S. The van der Waals surface area contributed by atoms with Gasteiger partial charge in [0.2, 0.25) is 0 Å². The van der Waals surface area contributed by atoms with Crippen LogP contribution in [0.3, 0.4) is 0 Å². The average Bonchev–Trinajstić information content (AvgIpc) is 2.90. The minimum Gasteiger partial charge on any atom is -0.338 e. The van der Waals surface area contributed by atoms with Crippen LogP contribution in [0.15, 0.2) is 59.5 Å². The fourth-order valence-electron chi connectivity index (χ4n) is 3.57. The third kappa shape index (κ3) is 4.39. The number of aromatic nitrogens is 1. The van der Waals surface area contributed by atoms with Gasteiger partial charge in [-0.25, -0.2) is 13.4 Å². The molecule has 1 aliphatic heterocycles. The Kier molecular flexibility index (Phi) is 5.61. The molecule has 1 aromatic heterocycles. The van der Waals surface area contributed by atoms with E-state index in [1.165, 1.54) is 24.3 Å². The standard InChI is InChI=1S/C23H21ClF3N3O2S/c1-22(2,3)15-8-10-16(11-9-15)33(31,32)30-13-14-7-12-19(23(25,26)27)29-21(14)28-18-6-4-5-17(24)20(18)30/h4-12H,13H2,1-3H3,(H,28,29). The summed E-state index contributed by atoms with van der Waals surface area (Å²) >= 11 is 6.39. The van der Waals surface area contributed by atoms with Crippen LogP contribution in [0.5, 0.6) is 0 Å². The summed E-state index contributed by atoms with van der Waals surface area (Å²) < 4.78 is 68.1. The molecule has 3 aromatic rings. The minimum atomic E-state index is -4.64. The first-order chi connectivity index (χ1) is 15.3. The Morgan fingerprint density at radius 1 is 1.00 bits per heavy atom. The molecule has 1 aliphatic rings. The number of sulfonamides is 1. The van der Waals surface area contributed by atoms with Gasteiger partial charge in [0.1, 0.15) is 11.5 Å². The summed E-state index contributed by atoms with van der Waals surface area (Å²) in [5.41, 5.74) is 0.391. The quantitative estimate of drug-likeness (QED) is 0.440. The van der Waals surface area contributed by atoms with Crippen molar-refractivity contribution in [3.8, 4) is 0 Å². The number of nitrogens with zero attached hydrogens (tertiary/aromatic N) is 2. The van der Waals surface area contributed by atoms with E-state index in [0.29, 0.717) is 0 Å². The van der Waals surface area contributed by atoms with E-state index >= 15 is 0 Å². The zero-order chi connectivity index (χ0) is 24.2. The lowest BCUT2D eigenvalue weighted by Gasteiger charge is -2.26. The number of nitrogens with one attached hydrogen (secondary N) is 1. The van der Waals surface area contributed by atoms with Gasteiger partial charge in [0.25, 0.3) is 10.0 Å². The topological polar surface area (TPSA) is 62.3 Å². The van der Waals surface area contributed by atoms with Crippen molar-refractivity contribution < 1.29 is 21.6 Å². The van der Waals surface area contributed by atoms with Gasteiger partial charge in [-0.1, -0.05) is 56.6 Å². The molecule has 2 aromatic carbocycles. The maximum Gasteiger partial charge on any atom is 0.433 e. The van der Waals surface area contributed by atoms with Gasteiger partial charge in [-0.3, -0.25) is 4.31 Å². The number of hydrogen-bond acceptors (Lipinski definition) is 4.